The van der Waals surface area contributed by atoms with Crippen molar-refractivity contribution in [1.29, 1.82) is 0 Å². The van der Waals surface area contributed by atoms with Gasteiger partial charge in [0.25, 0.3) is 0 Å². The molecule has 0 unspecified atom stereocenters. The number of likely N-dealkylation sites (N-methyl/N-ethyl adjacent to an activating group) is 1. The largest absolute Gasteiger partial charge is 0.378 e. The predicted molar refractivity (Wildman–Crippen MR) is 52.4 cm³/mol. The minimum absolute atomic E-state index is 0.155. The lowest BCUT2D eigenvalue weighted by atomic mass is 10.6. The van der Waals surface area contributed by atoms with Crippen LogP contribution in [0.15, 0.2) is 0 Å². The highest BCUT2D eigenvalue weighted by Gasteiger charge is 1.90. The van der Waals surface area contributed by atoms with Crippen LogP contribution in [0.3, 0.4) is 0 Å². The lowest BCUT2D eigenvalue weighted by molar-refractivity contribution is 0.0131. The van der Waals surface area contributed by atoms with Crippen molar-refractivity contribution in [3.8, 4) is 0 Å². The summed E-state index contributed by atoms with van der Waals surface area (Å²) in [4.78, 5) is 0. The van der Waals surface area contributed by atoms with Gasteiger partial charge < -0.3 is 19.5 Å². The molecule has 0 saturated carbocycles. The topological polar surface area (TPSA) is 39.7 Å². The van der Waals surface area contributed by atoms with Crippen molar-refractivity contribution in [2.24, 2.45) is 0 Å². The molecule has 0 aliphatic heterocycles. The van der Waals surface area contributed by atoms with Gasteiger partial charge >= 0.3 is 0 Å². The fraction of sp³-hybridized carbons (Fsp3) is 1.00. The fourth-order valence-electron chi connectivity index (χ4n) is 0.771. The van der Waals surface area contributed by atoms with Gasteiger partial charge in [-0.05, 0) is 7.05 Å². The first-order valence-corrected chi connectivity index (χ1v) is 4.85. The second-order valence-corrected chi connectivity index (χ2v) is 2.63. The Morgan fingerprint density at radius 1 is 0.857 bits per heavy atom. The van der Waals surface area contributed by atoms with Crippen molar-refractivity contribution in [3.63, 3.8) is 0 Å². The fourth-order valence-corrected chi connectivity index (χ4v) is 0.771. The number of hydrogen-bond donors (Lipinski definition) is 1. The van der Waals surface area contributed by atoms with E-state index in [0.717, 1.165) is 6.54 Å². The van der Waals surface area contributed by atoms with Crippen LogP contribution in [0.5, 0.6) is 0 Å². The van der Waals surface area contributed by atoms with Crippen molar-refractivity contribution >= 4 is 0 Å². The molecule has 5 heteroatoms. The van der Waals surface area contributed by atoms with Gasteiger partial charge in [0.15, 0.2) is 0 Å². The molecule has 0 rings (SSSR count). The van der Waals surface area contributed by atoms with Crippen LogP contribution in [0.1, 0.15) is 0 Å². The number of halogens is 1. The second kappa shape index (κ2) is 12.8. The van der Waals surface area contributed by atoms with Gasteiger partial charge in [-0.15, -0.1) is 0 Å². The molecule has 0 aliphatic rings. The van der Waals surface area contributed by atoms with E-state index >= 15 is 0 Å². The Balaban J connectivity index is 2.78. The van der Waals surface area contributed by atoms with Gasteiger partial charge in [-0.3, -0.25) is 0 Å². The molecule has 0 radical (unpaired) electrons. The molecule has 14 heavy (non-hydrogen) atoms. The molecule has 0 aliphatic carbocycles. The van der Waals surface area contributed by atoms with Crippen LogP contribution in [0.25, 0.3) is 0 Å². The van der Waals surface area contributed by atoms with Crippen molar-refractivity contribution in [3.05, 3.63) is 0 Å². The van der Waals surface area contributed by atoms with E-state index in [1.807, 2.05) is 7.05 Å². The first-order valence-electron chi connectivity index (χ1n) is 4.85. The monoisotopic (exact) mass is 209 g/mol. The van der Waals surface area contributed by atoms with Crippen molar-refractivity contribution in [2.45, 2.75) is 0 Å². The summed E-state index contributed by atoms with van der Waals surface area (Å²) in [5, 5.41) is 2.97. The molecular weight excluding hydrogens is 189 g/mol. The van der Waals surface area contributed by atoms with E-state index in [2.05, 4.69) is 5.32 Å². The third-order valence-electron chi connectivity index (χ3n) is 1.46. The standard InChI is InChI=1S/C9H20FNO3/c1-11-3-5-13-7-9-14-8-6-12-4-2-10/h11H,2-9H2,1H3. The Bertz CT molecular complexity index is 94.1. The van der Waals surface area contributed by atoms with E-state index < -0.39 is 6.67 Å². The molecular formula is C9H20FNO3. The van der Waals surface area contributed by atoms with Gasteiger partial charge in [-0.1, -0.05) is 0 Å². The Kier molecular flexibility index (Phi) is 12.6. The first kappa shape index (κ1) is 13.8. The summed E-state index contributed by atoms with van der Waals surface area (Å²) in [6, 6.07) is 0. The van der Waals surface area contributed by atoms with Gasteiger partial charge in [0.05, 0.1) is 39.6 Å². The first-order chi connectivity index (χ1) is 6.91. The number of ether oxygens (including phenoxy) is 3. The molecule has 0 aromatic heterocycles. The van der Waals surface area contributed by atoms with Gasteiger partial charge in [-0.2, -0.15) is 0 Å². The summed E-state index contributed by atoms with van der Waals surface area (Å²) in [7, 11) is 1.88. The van der Waals surface area contributed by atoms with Crippen molar-refractivity contribution in [1.82, 2.24) is 5.32 Å². The number of hydrogen-bond acceptors (Lipinski definition) is 4. The summed E-state index contributed by atoms with van der Waals surface area (Å²) >= 11 is 0. The summed E-state index contributed by atoms with van der Waals surface area (Å²) in [5.41, 5.74) is 0. The van der Waals surface area contributed by atoms with Gasteiger partial charge in [0, 0.05) is 6.54 Å². The van der Waals surface area contributed by atoms with Crippen LogP contribution >= 0.6 is 0 Å². The van der Waals surface area contributed by atoms with Crippen LogP contribution in [0, 0.1) is 0 Å². The zero-order valence-electron chi connectivity index (χ0n) is 8.76. The summed E-state index contributed by atoms with van der Waals surface area (Å²) < 4.78 is 26.8. The summed E-state index contributed by atoms with van der Waals surface area (Å²) in [5.74, 6) is 0. The molecule has 0 aromatic carbocycles. The van der Waals surface area contributed by atoms with Crippen LogP contribution in [-0.4, -0.2) is 59.9 Å². The Morgan fingerprint density at radius 2 is 1.36 bits per heavy atom. The Morgan fingerprint density at radius 3 is 1.86 bits per heavy atom. The van der Waals surface area contributed by atoms with Gasteiger partial charge in [0.2, 0.25) is 0 Å². The Hall–Kier alpha value is -0.230. The van der Waals surface area contributed by atoms with Gasteiger partial charge in [0.1, 0.15) is 6.67 Å². The van der Waals surface area contributed by atoms with E-state index in [9.17, 15) is 4.39 Å². The number of alkyl halides is 1. The average Bonchev–Trinajstić information content (AvgIpc) is 2.21. The highest BCUT2D eigenvalue weighted by molar-refractivity contribution is 4.36. The molecule has 0 heterocycles. The molecule has 0 bridgehead atoms. The minimum atomic E-state index is -0.437. The second-order valence-electron chi connectivity index (χ2n) is 2.63. The maximum Gasteiger partial charge on any atom is 0.113 e. The van der Waals surface area contributed by atoms with Crippen molar-refractivity contribution < 1.29 is 18.6 Å². The molecule has 0 atom stereocenters. The molecule has 1 N–H and O–H groups in total. The van der Waals surface area contributed by atoms with Crippen LogP contribution in [0.4, 0.5) is 4.39 Å². The maximum atomic E-state index is 11.5. The summed E-state index contributed by atoms with van der Waals surface area (Å²) in [6.07, 6.45) is 0. The maximum absolute atomic E-state index is 11.5. The third kappa shape index (κ3) is 11.8. The van der Waals surface area contributed by atoms with E-state index in [-0.39, 0.29) is 6.61 Å². The van der Waals surface area contributed by atoms with E-state index in [4.69, 9.17) is 14.2 Å². The van der Waals surface area contributed by atoms with Crippen LogP contribution < -0.4 is 5.32 Å². The van der Waals surface area contributed by atoms with E-state index in [0.29, 0.717) is 33.0 Å². The zero-order valence-corrected chi connectivity index (χ0v) is 8.76. The molecule has 0 amide bonds. The normalized spacial score (nSPS) is 10.7. The molecule has 0 spiro atoms. The number of rotatable bonds is 11. The highest BCUT2D eigenvalue weighted by atomic mass is 19.1. The lowest BCUT2D eigenvalue weighted by Crippen LogP contribution is -2.16. The molecule has 4 nitrogen and oxygen atoms in total. The predicted octanol–water partition coefficient (Wildman–Crippen LogP) is 0.225. The van der Waals surface area contributed by atoms with Crippen LogP contribution in [0.2, 0.25) is 0 Å². The van der Waals surface area contributed by atoms with Gasteiger partial charge in [-0.25, -0.2) is 4.39 Å². The van der Waals surface area contributed by atoms with E-state index in [1.54, 1.807) is 0 Å². The molecule has 0 fully saturated rings. The Labute approximate surface area is 84.7 Å². The quantitative estimate of drug-likeness (QED) is 0.494. The summed E-state index contributed by atoms with van der Waals surface area (Å²) in [6.45, 7) is 3.34. The third-order valence-corrected chi connectivity index (χ3v) is 1.46. The van der Waals surface area contributed by atoms with Crippen molar-refractivity contribution in [2.75, 3.05) is 59.9 Å². The highest BCUT2D eigenvalue weighted by Crippen LogP contribution is 1.81. The molecule has 86 valence electrons. The zero-order chi connectivity index (χ0) is 10.5. The van der Waals surface area contributed by atoms with Crippen LogP contribution in [-0.2, 0) is 14.2 Å². The smallest absolute Gasteiger partial charge is 0.113 e. The molecule has 0 aromatic rings. The minimum Gasteiger partial charge on any atom is -0.378 e. The lowest BCUT2D eigenvalue weighted by Gasteiger charge is -2.05. The molecule has 0 saturated heterocycles. The number of nitrogens with one attached hydrogen (secondary N) is 1. The van der Waals surface area contributed by atoms with E-state index in [1.165, 1.54) is 0 Å². The SMILES string of the molecule is CNCCOCCOCCOCCF. The average molecular weight is 209 g/mol.